The van der Waals surface area contributed by atoms with Gasteiger partial charge in [-0.1, -0.05) is 43.2 Å². The van der Waals surface area contributed by atoms with Gasteiger partial charge < -0.3 is 4.74 Å². The predicted molar refractivity (Wildman–Crippen MR) is 60.6 cm³/mol. The van der Waals surface area contributed by atoms with Gasteiger partial charge in [0.25, 0.3) is 0 Å². The van der Waals surface area contributed by atoms with Crippen LogP contribution in [-0.4, -0.2) is 13.2 Å². The molecule has 0 fully saturated rings. The molecule has 0 aliphatic heterocycles. The lowest BCUT2D eigenvalue weighted by Crippen LogP contribution is -2.13. The minimum absolute atomic E-state index is 0.377. The molecule has 0 saturated heterocycles. The summed E-state index contributed by atoms with van der Waals surface area (Å²) >= 11 is 0. The number of aryl methyl sites for hydroxylation is 1. The van der Waals surface area contributed by atoms with Crippen molar-refractivity contribution in [3.05, 3.63) is 35.4 Å². The van der Waals surface area contributed by atoms with Crippen LogP contribution in [0.5, 0.6) is 0 Å². The molecule has 0 aliphatic carbocycles. The summed E-state index contributed by atoms with van der Waals surface area (Å²) in [5, 5.41) is 0. The highest BCUT2D eigenvalue weighted by atomic mass is 16.5. The van der Waals surface area contributed by atoms with E-state index in [9.17, 15) is 0 Å². The van der Waals surface area contributed by atoms with Gasteiger partial charge in [-0.05, 0) is 25.3 Å². The van der Waals surface area contributed by atoms with Gasteiger partial charge in [0.05, 0.1) is 6.10 Å². The summed E-state index contributed by atoms with van der Waals surface area (Å²) in [5.74, 6) is 0. The summed E-state index contributed by atoms with van der Waals surface area (Å²) in [6.07, 6.45) is 3.74. The quantitative estimate of drug-likeness (QED) is 0.695. The number of methoxy groups -OCH3 is 1. The molecule has 0 aromatic heterocycles. The van der Waals surface area contributed by atoms with Crippen molar-refractivity contribution < 1.29 is 4.74 Å². The lowest BCUT2D eigenvalue weighted by molar-refractivity contribution is 0.0949. The second-order valence-corrected chi connectivity index (χ2v) is 3.84. The highest BCUT2D eigenvalue weighted by molar-refractivity contribution is 5.22. The fourth-order valence-corrected chi connectivity index (χ4v) is 1.73. The molecule has 0 unspecified atom stereocenters. The maximum atomic E-state index is 5.43. The van der Waals surface area contributed by atoms with Gasteiger partial charge in [0.15, 0.2) is 0 Å². The molecule has 0 aliphatic rings. The molecule has 0 spiro atoms. The second-order valence-electron chi connectivity index (χ2n) is 3.84. The van der Waals surface area contributed by atoms with Gasteiger partial charge in [-0.25, -0.2) is 0 Å². The average molecular weight is 192 g/mol. The summed E-state index contributed by atoms with van der Waals surface area (Å²) in [6, 6.07) is 8.66. The Morgan fingerprint density at radius 2 is 2.14 bits per heavy atom. The van der Waals surface area contributed by atoms with Crippen LogP contribution in [0.1, 0.15) is 30.9 Å². The van der Waals surface area contributed by atoms with E-state index in [0.29, 0.717) is 6.10 Å². The van der Waals surface area contributed by atoms with Crippen molar-refractivity contribution in [1.82, 2.24) is 0 Å². The maximum Gasteiger partial charge on any atom is 0.0611 e. The van der Waals surface area contributed by atoms with E-state index < -0.39 is 0 Å². The van der Waals surface area contributed by atoms with Crippen molar-refractivity contribution in [2.24, 2.45) is 0 Å². The third-order valence-electron chi connectivity index (χ3n) is 2.49. The molecule has 0 saturated carbocycles. The van der Waals surface area contributed by atoms with Crippen molar-refractivity contribution >= 4 is 0 Å². The molecule has 0 bridgehead atoms. The van der Waals surface area contributed by atoms with E-state index in [1.165, 1.54) is 17.5 Å². The number of hydrogen-bond acceptors (Lipinski definition) is 1. The van der Waals surface area contributed by atoms with E-state index in [4.69, 9.17) is 4.74 Å². The molecule has 0 N–H and O–H groups in total. The average Bonchev–Trinajstić information content (AvgIpc) is 2.17. The van der Waals surface area contributed by atoms with Crippen LogP contribution in [0.4, 0.5) is 0 Å². The normalized spacial score (nSPS) is 12.8. The molecule has 1 atom stereocenters. The first kappa shape index (κ1) is 11.3. The Morgan fingerprint density at radius 1 is 1.36 bits per heavy atom. The number of benzene rings is 1. The highest BCUT2D eigenvalue weighted by Crippen LogP contribution is 2.11. The van der Waals surface area contributed by atoms with Gasteiger partial charge in [0, 0.05) is 7.11 Å². The zero-order chi connectivity index (χ0) is 10.4. The largest absolute Gasteiger partial charge is 0.381 e. The zero-order valence-corrected chi connectivity index (χ0v) is 9.42. The Hall–Kier alpha value is -0.820. The Kier molecular flexibility index (Phi) is 4.68. The summed E-state index contributed by atoms with van der Waals surface area (Å²) in [6.45, 7) is 4.33. The van der Waals surface area contributed by atoms with Crippen molar-refractivity contribution in [2.75, 3.05) is 7.11 Å². The molecule has 0 radical (unpaired) electrons. The molecule has 0 heterocycles. The number of ether oxygens (including phenoxy) is 1. The molecule has 1 nitrogen and oxygen atoms in total. The van der Waals surface area contributed by atoms with Crippen LogP contribution in [0.3, 0.4) is 0 Å². The first-order valence-corrected chi connectivity index (χ1v) is 5.34. The van der Waals surface area contributed by atoms with Crippen molar-refractivity contribution in [1.29, 1.82) is 0 Å². The molecular weight excluding hydrogens is 172 g/mol. The van der Waals surface area contributed by atoms with Gasteiger partial charge in [-0.15, -0.1) is 0 Å². The fourth-order valence-electron chi connectivity index (χ4n) is 1.73. The third-order valence-corrected chi connectivity index (χ3v) is 2.49. The maximum absolute atomic E-state index is 5.43. The third kappa shape index (κ3) is 3.51. The Labute approximate surface area is 87.1 Å². The van der Waals surface area contributed by atoms with E-state index in [1.807, 2.05) is 0 Å². The van der Waals surface area contributed by atoms with Crippen LogP contribution in [-0.2, 0) is 11.2 Å². The Balaban J connectivity index is 2.57. The molecule has 1 rings (SSSR count). The van der Waals surface area contributed by atoms with E-state index >= 15 is 0 Å². The van der Waals surface area contributed by atoms with Crippen molar-refractivity contribution in [3.8, 4) is 0 Å². The zero-order valence-electron chi connectivity index (χ0n) is 9.42. The minimum Gasteiger partial charge on any atom is -0.381 e. The second kappa shape index (κ2) is 5.82. The summed E-state index contributed by atoms with van der Waals surface area (Å²) in [7, 11) is 1.80. The van der Waals surface area contributed by atoms with E-state index in [1.54, 1.807) is 7.11 Å². The number of rotatable bonds is 5. The Bertz CT molecular complexity index is 268. The molecule has 1 aromatic carbocycles. The van der Waals surface area contributed by atoms with Gasteiger partial charge >= 0.3 is 0 Å². The fraction of sp³-hybridized carbons (Fsp3) is 0.538. The smallest absolute Gasteiger partial charge is 0.0611 e. The first-order chi connectivity index (χ1) is 6.76. The molecule has 14 heavy (non-hydrogen) atoms. The molecule has 1 aromatic rings. The van der Waals surface area contributed by atoms with E-state index in [0.717, 1.165) is 12.8 Å². The van der Waals surface area contributed by atoms with E-state index in [-0.39, 0.29) is 0 Å². The van der Waals surface area contributed by atoms with Crippen LogP contribution in [0.15, 0.2) is 24.3 Å². The Morgan fingerprint density at radius 3 is 2.71 bits per heavy atom. The lowest BCUT2D eigenvalue weighted by atomic mass is 10.0. The van der Waals surface area contributed by atoms with Gasteiger partial charge in [0.1, 0.15) is 0 Å². The summed E-state index contributed by atoms with van der Waals surface area (Å²) in [4.78, 5) is 0. The lowest BCUT2D eigenvalue weighted by Gasteiger charge is -2.14. The first-order valence-electron chi connectivity index (χ1n) is 5.34. The van der Waals surface area contributed by atoms with Gasteiger partial charge in [-0.2, -0.15) is 0 Å². The highest BCUT2D eigenvalue weighted by Gasteiger charge is 2.06. The van der Waals surface area contributed by atoms with Crippen LogP contribution in [0.2, 0.25) is 0 Å². The SMILES string of the molecule is CCC[C@@H](Cc1cccc(C)c1)OC. The molecule has 0 amide bonds. The minimum atomic E-state index is 0.377. The van der Waals surface area contributed by atoms with Gasteiger partial charge in [-0.3, -0.25) is 0 Å². The van der Waals surface area contributed by atoms with Crippen molar-refractivity contribution in [3.63, 3.8) is 0 Å². The van der Waals surface area contributed by atoms with E-state index in [2.05, 4.69) is 38.1 Å². The van der Waals surface area contributed by atoms with Crippen LogP contribution >= 0.6 is 0 Å². The van der Waals surface area contributed by atoms with Crippen LogP contribution in [0, 0.1) is 6.92 Å². The number of hydrogen-bond donors (Lipinski definition) is 0. The predicted octanol–water partition coefficient (Wildman–Crippen LogP) is 3.35. The standard InChI is InChI=1S/C13H20O/c1-4-6-13(14-3)10-12-8-5-7-11(2)9-12/h5,7-9,13H,4,6,10H2,1-3H3/t13-/m0/s1. The monoisotopic (exact) mass is 192 g/mol. The molecule has 1 heteroatoms. The van der Waals surface area contributed by atoms with Crippen molar-refractivity contribution in [2.45, 2.75) is 39.2 Å². The molecule has 78 valence electrons. The van der Waals surface area contributed by atoms with Gasteiger partial charge in [0.2, 0.25) is 0 Å². The topological polar surface area (TPSA) is 9.23 Å². The van der Waals surface area contributed by atoms with Crippen LogP contribution < -0.4 is 0 Å². The summed E-state index contributed by atoms with van der Waals surface area (Å²) < 4.78 is 5.43. The van der Waals surface area contributed by atoms with Crippen LogP contribution in [0.25, 0.3) is 0 Å². The summed E-state index contributed by atoms with van der Waals surface area (Å²) in [5.41, 5.74) is 2.71. The molecular formula is C13H20O.